The average molecular weight is 341 g/mol. The van der Waals surface area contributed by atoms with Crippen LogP contribution < -0.4 is 20.5 Å². The Bertz CT molecular complexity index is 771. The third-order valence-corrected chi connectivity index (χ3v) is 3.39. The fraction of sp³-hybridized carbons (Fsp3) is 0.167. The molecule has 0 unspecified atom stereocenters. The van der Waals surface area contributed by atoms with Gasteiger partial charge in [0.25, 0.3) is 11.8 Å². The van der Waals surface area contributed by atoms with E-state index >= 15 is 0 Å². The van der Waals surface area contributed by atoms with Crippen LogP contribution in [0.25, 0.3) is 0 Å². The number of ether oxygens (including phenoxy) is 1. The molecular formula is C18H17N2O5-. The van der Waals surface area contributed by atoms with Crippen molar-refractivity contribution >= 4 is 23.5 Å². The number of anilines is 1. The van der Waals surface area contributed by atoms with E-state index in [1.807, 2.05) is 0 Å². The first-order valence-electron chi connectivity index (χ1n) is 7.53. The summed E-state index contributed by atoms with van der Waals surface area (Å²) in [5, 5.41) is 15.6. The first kappa shape index (κ1) is 18.0. The minimum atomic E-state index is -1.25. The van der Waals surface area contributed by atoms with Gasteiger partial charge in [-0.25, -0.2) is 0 Å². The van der Waals surface area contributed by atoms with Crippen molar-refractivity contribution in [3.63, 3.8) is 0 Å². The number of carboxylic acid groups (broad SMARTS) is 1. The molecule has 7 heteroatoms. The van der Waals surface area contributed by atoms with Gasteiger partial charge in [0.05, 0.1) is 18.4 Å². The van der Waals surface area contributed by atoms with Crippen molar-refractivity contribution in [1.29, 1.82) is 0 Å². The third-order valence-electron chi connectivity index (χ3n) is 3.39. The number of amides is 2. The Hall–Kier alpha value is -3.35. The third kappa shape index (κ3) is 5.07. The van der Waals surface area contributed by atoms with Gasteiger partial charge in [0.1, 0.15) is 5.75 Å². The number of aliphatic carboxylic acids is 1. The number of carboxylic acids is 1. The fourth-order valence-electron chi connectivity index (χ4n) is 2.10. The summed E-state index contributed by atoms with van der Waals surface area (Å²) in [6, 6.07) is 13.0. The summed E-state index contributed by atoms with van der Waals surface area (Å²) in [4.78, 5) is 34.9. The molecule has 0 aliphatic rings. The van der Waals surface area contributed by atoms with Crippen molar-refractivity contribution in [1.82, 2.24) is 5.32 Å². The summed E-state index contributed by atoms with van der Waals surface area (Å²) in [7, 11) is 1.53. The van der Waals surface area contributed by atoms with Crippen LogP contribution in [0.4, 0.5) is 5.69 Å². The SMILES string of the molecule is COc1ccc(C(=O)Nc2ccccc2C(=O)NCCC(=O)[O-])cc1. The minimum Gasteiger partial charge on any atom is -0.550 e. The van der Waals surface area contributed by atoms with Gasteiger partial charge >= 0.3 is 0 Å². The lowest BCUT2D eigenvalue weighted by Gasteiger charge is -2.12. The lowest BCUT2D eigenvalue weighted by molar-refractivity contribution is -0.305. The van der Waals surface area contributed by atoms with Crippen molar-refractivity contribution in [3.05, 3.63) is 59.7 Å². The van der Waals surface area contributed by atoms with Gasteiger partial charge in [-0.15, -0.1) is 0 Å². The maximum atomic E-state index is 12.3. The van der Waals surface area contributed by atoms with Crippen LogP contribution in [-0.2, 0) is 4.79 Å². The molecule has 0 aromatic heterocycles. The van der Waals surface area contributed by atoms with E-state index < -0.39 is 11.9 Å². The van der Waals surface area contributed by atoms with Crippen LogP contribution in [0.3, 0.4) is 0 Å². The molecule has 0 heterocycles. The molecule has 0 radical (unpaired) electrons. The maximum Gasteiger partial charge on any atom is 0.255 e. The number of hydrogen-bond donors (Lipinski definition) is 2. The summed E-state index contributed by atoms with van der Waals surface area (Å²) in [6.07, 6.45) is -0.286. The Balaban J connectivity index is 2.09. The van der Waals surface area contributed by atoms with Crippen LogP contribution in [0.15, 0.2) is 48.5 Å². The molecular weight excluding hydrogens is 324 g/mol. The van der Waals surface area contributed by atoms with E-state index in [0.717, 1.165) is 0 Å². The van der Waals surface area contributed by atoms with E-state index in [0.29, 0.717) is 17.0 Å². The Labute approximate surface area is 144 Å². The van der Waals surface area contributed by atoms with Gasteiger partial charge in [-0.05, 0) is 36.4 Å². The van der Waals surface area contributed by atoms with Crippen LogP contribution in [0, 0.1) is 0 Å². The molecule has 7 nitrogen and oxygen atoms in total. The molecule has 2 rings (SSSR count). The predicted octanol–water partition coefficient (Wildman–Crippen LogP) is 0.817. The Morgan fingerprint density at radius 3 is 2.32 bits per heavy atom. The summed E-state index contributed by atoms with van der Waals surface area (Å²) >= 11 is 0. The molecule has 2 aromatic rings. The first-order valence-corrected chi connectivity index (χ1v) is 7.53. The standard InChI is InChI=1S/C18H18N2O5/c1-25-13-8-6-12(7-9-13)17(23)20-15-5-3-2-4-14(15)18(24)19-11-10-16(21)22/h2-9H,10-11H2,1H3,(H,19,24)(H,20,23)(H,21,22)/p-1. The summed E-state index contributed by atoms with van der Waals surface area (Å²) in [6.45, 7) is -0.0536. The second kappa shape index (κ2) is 8.49. The van der Waals surface area contributed by atoms with E-state index in [1.54, 1.807) is 42.5 Å². The number of carbonyl (C=O) groups is 3. The van der Waals surface area contributed by atoms with Gasteiger partial charge < -0.3 is 25.3 Å². The number of nitrogens with one attached hydrogen (secondary N) is 2. The highest BCUT2D eigenvalue weighted by atomic mass is 16.5. The number of carbonyl (C=O) groups excluding carboxylic acids is 3. The Kier molecular flexibility index (Phi) is 6.11. The van der Waals surface area contributed by atoms with Crippen molar-refractivity contribution in [2.45, 2.75) is 6.42 Å². The Morgan fingerprint density at radius 2 is 1.68 bits per heavy atom. The van der Waals surface area contributed by atoms with Crippen molar-refractivity contribution in [2.24, 2.45) is 0 Å². The lowest BCUT2D eigenvalue weighted by atomic mass is 10.1. The van der Waals surface area contributed by atoms with E-state index in [9.17, 15) is 19.5 Å². The molecule has 0 spiro atoms. The molecule has 25 heavy (non-hydrogen) atoms. The van der Waals surface area contributed by atoms with Gasteiger partial charge in [0.15, 0.2) is 0 Å². The minimum absolute atomic E-state index is 0.0536. The molecule has 0 saturated heterocycles. The molecule has 0 fully saturated rings. The summed E-state index contributed by atoms with van der Waals surface area (Å²) < 4.78 is 5.04. The zero-order valence-corrected chi connectivity index (χ0v) is 13.6. The topological polar surface area (TPSA) is 108 Å². The number of para-hydroxylation sites is 1. The van der Waals surface area contributed by atoms with E-state index in [2.05, 4.69) is 10.6 Å². The highest BCUT2D eigenvalue weighted by Gasteiger charge is 2.13. The molecule has 0 aliphatic carbocycles. The predicted molar refractivity (Wildman–Crippen MR) is 89.3 cm³/mol. The van der Waals surface area contributed by atoms with Crippen LogP contribution in [0.1, 0.15) is 27.1 Å². The number of methoxy groups -OCH3 is 1. The van der Waals surface area contributed by atoms with Crippen molar-refractivity contribution in [2.75, 3.05) is 19.0 Å². The largest absolute Gasteiger partial charge is 0.550 e. The first-order chi connectivity index (χ1) is 12.0. The smallest absolute Gasteiger partial charge is 0.255 e. The molecule has 2 aromatic carbocycles. The second-order valence-corrected chi connectivity index (χ2v) is 5.11. The zero-order valence-electron chi connectivity index (χ0n) is 13.6. The van der Waals surface area contributed by atoms with Gasteiger partial charge in [-0.3, -0.25) is 9.59 Å². The maximum absolute atomic E-state index is 12.3. The van der Waals surface area contributed by atoms with Crippen LogP contribution in [0.2, 0.25) is 0 Å². The van der Waals surface area contributed by atoms with Crippen LogP contribution in [-0.4, -0.2) is 31.4 Å². The van der Waals surface area contributed by atoms with E-state index in [-0.39, 0.29) is 24.4 Å². The zero-order chi connectivity index (χ0) is 18.2. The highest BCUT2D eigenvalue weighted by molar-refractivity contribution is 6.09. The summed E-state index contributed by atoms with van der Waals surface area (Å²) in [5.41, 5.74) is 0.977. The lowest BCUT2D eigenvalue weighted by Crippen LogP contribution is -2.31. The fourth-order valence-corrected chi connectivity index (χ4v) is 2.10. The van der Waals surface area contributed by atoms with Crippen LogP contribution in [0.5, 0.6) is 5.75 Å². The second-order valence-electron chi connectivity index (χ2n) is 5.11. The normalized spacial score (nSPS) is 9.96. The van der Waals surface area contributed by atoms with Gasteiger partial charge in [-0.2, -0.15) is 0 Å². The quantitative estimate of drug-likeness (QED) is 0.775. The number of hydrogen-bond acceptors (Lipinski definition) is 5. The van der Waals surface area contributed by atoms with E-state index in [1.165, 1.54) is 13.2 Å². The van der Waals surface area contributed by atoms with Crippen molar-refractivity contribution < 1.29 is 24.2 Å². The monoisotopic (exact) mass is 341 g/mol. The van der Waals surface area contributed by atoms with Gasteiger partial charge in [-0.1, -0.05) is 12.1 Å². The number of benzene rings is 2. The van der Waals surface area contributed by atoms with Gasteiger partial charge in [0, 0.05) is 24.5 Å². The molecule has 0 bridgehead atoms. The molecule has 0 saturated carbocycles. The van der Waals surface area contributed by atoms with Crippen molar-refractivity contribution in [3.8, 4) is 5.75 Å². The average Bonchev–Trinajstić information content (AvgIpc) is 2.61. The van der Waals surface area contributed by atoms with Gasteiger partial charge in [0.2, 0.25) is 0 Å². The molecule has 130 valence electrons. The molecule has 2 amide bonds. The Morgan fingerprint density at radius 1 is 1.00 bits per heavy atom. The molecule has 0 aliphatic heterocycles. The molecule has 2 N–H and O–H groups in total. The van der Waals surface area contributed by atoms with E-state index in [4.69, 9.17) is 4.74 Å². The van der Waals surface area contributed by atoms with Crippen LogP contribution >= 0.6 is 0 Å². The highest BCUT2D eigenvalue weighted by Crippen LogP contribution is 2.17. The number of rotatable bonds is 7. The molecule has 0 atom stereocenters. The summed E-state index contributed by atoms with van der Waals surface area (Å²) in [5.74, 6) is -1.48.